The van der Waals surface area contributed by atoms with Crippen LogP contribution in [0.1, 0.15) is 37.0 Å². The van der Waals surface area contributed by atoms with Crippen LogP contribution in [0.25, 0.3) is 0 Å². The van der Waals surface area contributed by atoms with Crippen LogP contribution >= 0.6 is 0 Å². The molecule has 1 heterocycles. The molecule has 22 heavy (non-hydrogen) atoms. The number of ether oxygens (including phenoxy) is 1. The number of carbonyl (C=O) groups is 1. The lowest BCUT2D eigenvalue weighted by molar-refractivity contribution is 0.0601. The first-order valence-corrected chi connectivity index (χ1v) is 8.95. The number of esters is 1. The van der Waals surface area contributed by atoms with Gasteiger partial charge in [-0.25, -0.2) is 13.2 Å². The number of nitrogens with zero attached hydrogens (tertiary/aromatic N) is 1. The van der Waals surface area contributed by atoms with E-state index in [2.05, 4.69) is 5.32 Å². The zero-order valence-corrected chi connectivity index (χ0v) is 13.9. The monoisotopic (exact) mass is 326 g/mol. The summed E-state index contributed by atoms with van der Waals surface area (Å²) in [6, 6.07) is 5.17. The highest BCUT2D eigenvalue weighted by Gasteiger charge is 2.27. The molecule has 0 spiro atoms. The lowest BCUT2D eigenvalue weighted by atomic mass is 10.1. The van der Waals surface area contributed by atoms with Gasteiger partial charge in [-0.1, -0.05) is 0 Å². The van der Waals surface area contributed by atoms with Crippen LogP contribution in [-0.4, -0.2) is 39.8 Å². The number of methoxy groups -OCH3 is 1. The molecule has 1 aromatic carbocycles. The Hall–Kier alpha value is -1.76. The Balaban J connectivity index is 2.47. The first-order chi connectivity index (χ1) is 10.3. The number of sulfonamides is 1. The molecule has 1 aliphatic rings. The Morgan fingerprint density at radius 2 is 2.00 bits per heavy atom. The number of anilines is 2. The van der Waals surface area contributed by atoms with Crippen LogP contribution in [0.2, 0.25) is 0 Å². The number of benzene rings is 1. The fourth-order valence-electron chi connectivity index (χ4n) is 2.49. The molecule has 0 aromatic heterocycles. The van der Waals surface area contributed by atoms with Crippen molar-refractivity contribution < 1.29 is 17.9 Å². The molecular weight excluding hydrogens is 304 g/mol. The largest absolute Gasteiger partial charge is 0.465 e. The van der Waals surface area contributed by atoms with Crippen LogP contribution in [-0.2, 0) is 14.8 Å². The van der Waals surface area contributed by atoms with Crippen LogP contribution < -0.4 is 9.62 Å². The summed E-state index contributed by atoms with van der Waals surface area (Å²) in [5, 5.41) is 3.20. The molecule has 1 aromatic rings. The molecule has 6 nitrogen and oxygen atoms in total. The van der Waals surface area contributed by atoms with Gasteiger partial charge in [-0.15, -0.1) is 0 Å². The molecule has 0 aliphatic carbocycles. The van der Waals surface area contributed by atoms with Gasteiger partial charge in [0.1, 0.15) is 0 Å². The van der Waals surface area contributed by atoms with Gasteiger partial charge in [0, 0.05) is 18.3 Å². The lowest BCUT2D eigenvalue weighted by Gasteiger charge is -2.29. The zero-order chi connectivity index (χ0) is 16.3. The standard InChI is InChI=1S/C15H22N2O4S/c1-11(2)16-13-8-12(15(18)21-3)9-14(10-13)17-6-4-5-7-22(17,19)20/h8-11,16H,4-7H2,1-3H3. The molecule has 7 heteroatoms. The third-order valence-corrected chi connectivity index (χ3v) is 5.30. The van der Waals surface area contributed by atoms with E-state index in [4.69, 9.17) is 4.74 Å². The minimum Gasteiger partial charge on any atom is -0.465 e. The number of carbonyl (C=O) groups excluding carboxylic acids is 1. The number of hydrogen-bond acceptors (Lipinski definition) is 5. The molecule has 1 aliphatic heterocycles. The molecule has 122 valence electrons. The molecule has 0 saturated carbocycles. The average Bonchev–Trinajstić information content (AvgIpc) is 2.44. The van der Waals surface area contributed by atoms with Crippen molar-refractivity contribution in [2.75, 3.05) is 29.0 Å². The van der Waals surface area contributed by atoms with Crippen molar-refractivity contribution in [2.24, 2.45) is 0 Å². The molecule has 0 radical (unpaired) electrons. The zero-order valence-electron chi connectivity index (χ0n) is 13.1. The van der Waals surface area contributed by atoms with Gasteiger partial charge in [-0.2, -0.15) is 0 Å². The Morgan fingerprint density at radius 3 is 2.59 bits per heavy atom. The highest BCUT2D eigenvalue weighted by Crippen LogP contribution is 2.28. The maximum atomic E-state index is 12.3. The third kappa shape index (κ3) is 3.71. The van der Waals surface area contributed by atoms with Gasteiger partial charge in [0.2, 0.25) is 10.0 Å². The molecule has 0 unspecified atom stereocenters. The van der Waals surface area contributed by atoms with E-state index >= 15 is 0 Å². The second-order valence-corrected chi connectivity index (χ2v) is 7.67. The fourth-order valence-corrected chi connectivity index (χ4v) is 4.11. The molecule has 1 N–H and O–H groups in total. The normalized spacial score (nSPS) is 17.4. The van der Waals surface area contributed by atoms with Gasteiger partial charge in [-0.3, -0.25) is 4.31 Å². The Bertz CT molecular complexity index is 656. The first kappa shape index (κ1) is 16.6. The summed E-state index contributed by atoms with van der Waals surface area (Å²) < 4.78 is 30.7. The molecule has 0 atom stereocenters. The van der Waals surface area contributed by atoms with Crippen molar-refractivity contribution in [3.05, 3.63) is 23.8 Å². The second kappa shape index (κ2) is 6.56. The second-order valence-electron chi connectivity index (χ2n) is 5.65. The van der Waals surface area contributed by atoms with Crippen LogP contribution in [0.4, 0.5) is 11.4 Å². The predicted octanol–water partition coefficient (Wildman–Crippen LogP) is 2.22. The highest BCUT2D eigenvalue weighted by molar-refractivity contribution is 7.92. The van der Waals surface area contributed by atoms with Crippen molar-refractivity contribution in [2.45, 2.75) is 32.7 Å². The van der Waals surface area contributed by atoms with Crippen molar-refractivity contribution in [1.29, 1.82) is 0 Å². The van der Waals surface area contributed by atoms with Gasteiger partial charge >= 0.3 is 5.97 Å². The summed E-state index contributed by atoms with van der Waals surface area (Å²) >= 11 is 0. The first-order valence-electron chi connectivity index (χ1n) is 7.34. The van der Waals surface area contributed by atoms with E-state index in [0.29, 0.717) is 29.9 Å². The molecule has 0 bridgehead atoms. The highest BCUT2D eigenvalue weighted by atomic mass is 32.2. The van der Waals surface area contributed by atoms with E-state index < -0.39 is 16.0 Å². The fraction of sp³-hybridized carbons (Fsp3) is 0.533. The van der Waals surface area contributed by atoms with Crippen LogP contribution in [0.15, 0.2) is 18.2 Å². The quantitative estimate of drug-likeness (QED) is 0.859. The van der Waals surface area contributed by atoms with E-state index in [-0.39, 0.29) is 11.8 Å². The number of rotatable bonds is 4. The molecule has 0 amide bonds. The Morgan fingerprint density at radius 1 is 1.27 bits per heavy atom. The van der Waals surface area contributed by atoms with E-state index in [9.17, 15) is 13.2 Å². The van der Waals surface area contributed by atoms with Gasteiger partial charge in [-0.05, 0) is 44.9 Å². The van der Waals surface area contributed by atoms with Crippen molar-refractivity contribution in [1.82, 2.24) is 0 Å². The maximum Gasteiger partial charge on any atom is 0.337 e. The predicted molar refractivity (Wildman–Crippen MR) is 86.9 cm³/mol. The van der Waals surface area contributed by atoms with Gasteiger partial charge in [0.15, 0.2) is 0 Å². The Labute approximate surface area is 131 Å². The molecule has 1 saturated heterocycles. The summed E-state index contributed by atoms with van der Waals surface area (Å²) in [6.45, 7) is 4.39. The maximum absolute atomic E-state index is 12.3. The van der Waals surface area contributed by atoms with E-state index in [1.807, 2.05) is 13.8 Å². The van der Waals surface area contributed by atoms with Crippen molar-refractivity contribution in [3.8, 4) is 0 Å². The van der Waals surface area contributed by atoms with Gasteiger partial charge in [0.25, 0.3) is 0 Å². The van der Waals surface area contributed by atoms with Crippen molar-refractivity contribution >= 4 is 27.4 Å². The van der Waals surface area contributed by atoms with Crippen LogP contribution in [0.3, 0.4) is 0 Å². The summed E-state index contributed by atoms with van der Waals surface area (Å²) in [7, 11) is -2.01. The summed E-state index contributed by atoms with van der Waals surface area (Å²) in [5.74, 6) is -0.342. The minimum atomic E-state index is -3.32. The minimum absolute atomic E-state index is 0.141. The Kier molecular flexibility index (Phi) is 4.95. The average molecular weight is 326 g/mol. The van der Waals surface area contributed by atoms with E-state index in [1.165, 1.54) is 11.4 Å². The molecule has 2 rings (SSSR count). The van der Waals surface area contributed by atoms with Crippen LogP contribution in [0, 0.1) is 0 Å². The SMILES string of the molecule is COC(=O)c1cc(NC(C)C)cc(N2CCCCS2(=O)=O)c1. The topological polar surface area (TPSA) is 75.7 Å². The third-order valence-electron chi connectivity index (χ3n) is 3.43. The molecule has 1 fully saturated rings. The number of nitrogens with one attached hydrogen (secondary N) is 1. The summed E-state index contributed by atoms with van der Waals surface area (Å²) in [6.07, 6.45) is 1.49. The smallest absolute Gasteiger partial charge is 0.337 e. The van der Waals surface area contributed by atoms with Gasteiger partial charge < -0.3 is 10.1 Å². The van der Waals surface area contributed by atoms with Crippen molar-refractivity contribution in [3.63, 3.8) is 0 Å². The molecular formula is C15H22N2O4S. The van der Waals surface area contributed by atoms with E-state index in [1.54, 1.807) is 18.2 Å². The lowest BCUT2D eigenvalue weighted by Crippen LogP contribution is -2.38. The van der Waals surface area contributed by atoms with Gasteiger partial charge in [0.05, 0.1) is 24.1 Å². The number of hydrogen-bond donors (Lipinski definition) is 1. The van der Waals surface area contributed by atoms with E-state index in [0.717, 1.165) is 6.42 Å². The summed E-state index contributed by atoms with van der Waals surface area (Å²) in [5.41, 5.74) is 1.54. The summed E-state index contributed by atoms with van der Waals surface area (Å²) in [4.78, 5) is 11.8. The van der Waals surface area contributed by atoms with Crippen LogP contribution in [0.5, 0.6) is 0 Å².